The molecule has 2 aromatic carbocycles. The van der Waals surface area contributed by atoms with Gasteiger partial charge in [0.1, 0.15) is 18.8 Å². The number of rotatable bonds is 6. The Kier molecular flexibility index (Phi) is 5.45. The SMILES string of the molecule is O=C(COc1ccc2ccccc2c1)NCC[NH+]1CCOCC1. The zero-order chi connectivity index (χ0) is 15.9. The molecule has 1 heterocycles. The third-order valence-corrected chi connectivity index (χ3v) is 4.09. The highest BCUT2D eigenvalue weighted by Crippen LogP contribution is 2.20. The minimum atomic E-state index is -0.0779. The van der Waals surface area contributed by atoms with Crippen molar-refractivity contribution in [2.45, 2.75) is 0 Å². The van der Waals surface area contributed by atoms with Gasteiger partial charge in [-0.25, -0.2) is 0 Å². The van der Waals surface area contributed by atoms with Gasteiger partial charge in [-0.15, -0.1) is 0 Å². The summed E-state index contributed by atoms with van der Waals surface area (Å²) in [6.07, 6.45) is 0. The highest BCUT2D eigenvalue weighted by Gasteiger charge is 2.13. The smallest absolute Gasteiger partial charge is 0.258 e. The van der Waals surface area contributed by atoms with Crippen molar-refractivity contribution in [2.24, 2.45) is 0 Å². The third-order valence-electron chi connectivity index (χ3n) is 4.09. The van der Waals surface area contributed by atoms with Crippen molar-refractivity contribution >= 4 is 16.7 Å². The lowest BCUT2D eigenvalue weighted by Crippen LogP contribution is -3.14. The molecule has 5 nitrogen and oxygen atoms in total. The van der Waals surface area contributed by atoms with Crippen LogP contribution in [0.1, 0.15) is 0 Å². The van der Waals surface area contributed by atoms with E-state index in [1.54, 1.807) is 0 Å². The highest BCUT2D eigenvalue weighted by atomic mass is 16.5. The average molecular weight is 315 g/mol. The Labute approximate surface area is 136 Å². The summed E-state index contributed by atoms with van der Waals surface area (Å²) in [5.41, 5.74) is 0. The van der Waals surface area contributed by atoms with Crippen LogP contribution in [-0.2, 0) is 9.53 Å². The van der Waals surface area contributed by atoms with E-state index in [0.29, 0.717) is 6.54 Å². The fraction of sp³-hybridized carbons (Fsp3) is 0.389. The minimum Gasteiger partial charge on any atom is -0.484 e. The Morgan fingerprint density at radius 1 is 1.13 bits per heavy atom. The lowest BCUT2D eigenvalue weighted by molar-refractivity contribution is -0.906. The molecule has 0 aromatic heterocycles. The molecule has 1 saturated heterocycles. The number of hydrogen-bond donors (Lipinski definition) is 2. The Hall–Kier alpha value is -2.11. The second-order valence-electron chi connectivity index (χ2n) is 5.76. The number of ether oxygens (including phenoxy) is 2. The molecular formula is C18H23N2O3+. The van der Waals surface area contributed by atoms with Gasteiger partial charge >= 0.3 is 0 Å². The van der Waals surface area contributed by atoms with Crippen LogP contribution in [0, 0.1) is 0 Å². The van der Waals surface area contributed by atoms with Crippen LogP contribution in [0.2, 0.25) is 0 Å². The maximum Gasteiger partial charge on any atom is 0.258 e. The fourth-order valence-electron chi connectivity index (χ4n) is 2.75. The van der Waals surface area contributed by atoms with Gasteiger partial charge < -0.3 is 19.7 Å². The van der Waals surface area contributed by atoms with Crippen LogP contribution in [0.5, 0.6) is 5.75 Å². The fourth-order valence-corrected chi connectivity index (χ4v) is 2.75. The molecule has 1 aliphatic rings. The number of benzene rings is 2. The number of fused-ring (bicyclic) bond motifs is 1. The predicted molar refractivity (Wildman–Crippen MR) is 88.8 cm³/mol. The highest BCUT2D eigenvalue weighted by molar-refractivity contribution is 5.84. The average Bonchev–Trinajstić information content (AvgIpc) is 2.61. The lowest BCUT2D eigenvalue weighted by atomic mass is 10.1. The van der Waals surface area contributed by atoms with E-state index in [2.05, 4.69) is 11.4 Å². The van der Waals surface area contributed by atoms with Crippen molar-refractivity contribution < 1.29 is 19.2 Å². The molecule has 1 fully saturated rings. The maximum absolute atomic E-state index is 11.9. The first-order chi connectivity index (χ1) is 11.3. The van der Waals surface area contributed by atoms with Gasteiger partial charge in [-0.3, -0.25) is 4.79 Å². The summed E-state index contributed by atoms with van der Waals surface area (Å²) < 4.78 is 10.9. The standard InChI is InChI=1S/C18H22N2O3/c21-18(19-7-8-20-9-11-22-12-10-20)14-23-17-6-5-15-3-1-2-4-16(15)13-17/h1-6,13H,7-12,14H2,(H,19,21)/p+1. The Morgan fingerprint density at radius 3 is 2.74 bits per heavy atom. The molecule has 2 aromatic rings. The molecular weight excluding hydrogens is 292 g/mol. The molecule has 0 radical (unpaired) electrons. The molecule has 0 bridgehead atoms. The van der Waals surface area contributed by atoms with Crippen LogP contribution < -0.4 is 15.0 Å². The Balaban J connectivity index is 1.40. The van der Waals surface area contributed by atoms with Crippen molar-refractivity contribution in [1.29, 1.82) is 0 Å². The van der Waals surface area contributed by atoms with E-state index in [-0.39, 0.29) is 12.5 Å². The summed E-state index contributed by atoms with van der Waals surface area (Å²) in [4.78, 5) is 13.3. The quantitative estimate of drug-likeness (QED) is 0.803. The van der Waals surface area contributed by atoms with Crippen LogP contribution in [0.3, 0.4) is 0 Å². The molecule has 0 atom stereocenters. The number of quaternary nitrogens is 1. The Morgan fingerprint density at radius 2 is 1.91 bits per heavy atom. The maximum atomic E-state index is 11.9. The number of carbonyl (C=O) groups is 1. The number of nitrogens with one attached hydrogen (secondary N) is 2. The van der Waals surface area contributed by atoms with E-state index in [4.69, 9.17) is 9.47 Å². The van der Waals surface area contributed by atoms with E-state index in [1.165, 1.54) is 4.90 Å². The van der Waals surface area contributed by atoms with Crippen molar-refractivity contribution in [1.82, 2.24) is 5.32 Å². The summed E-state index contributed by atoms with van der Waals surface area (Å²) >= 11 is 0. The van der Waals surface area contributed by atoms with Gasteiger partial charge in [0.05, 0.1) is 26.3 Å². The molecule has 0 aliphatic carbocycles. The normalized spacial score (nSPS) is 15.5. The predicted octanol–water partition coefficient (Wildman–Crippen LogP) is 0.250. The van der Waals surface area contributed by atoms with E-state index >= 15 is 0 Å². The van der Waals surface area contributed by atoms with E-state index in [9.17, 15) is 4.79 Å². The molecule has 3 rings (SSSR count). The van der Waals surface area contributed by atoms with Gasteiger partial charge in [0, 0.05) is 0 Å². The monoisotopic (exact) mass is 315 g/mol. The van der Waals surface area contributed by atoms with E-state index in [1.807, 2.05) is 36.4 Å². The lowest BCUT2D eigenvalue weighted by Gasteiger charge is -2.23. The van der Waals surface area contributed by atoms with Gasteiger partial charge in [-0.05, 0) is 22.9 Å². The number of amides is 1. The number of morpholine rings is 1. The molecule has 2 N–H and O–H groups in total. The minimum absolute atomic E-state index is 0.0524. The van der Waals surface area contributed by atoms with E-state index in [0.717, 1.165) is 49.4 Å². The van der Waals surface area contributed by atoms with Gasteiger partial charge in [0.15, 0.2) is 6.61 Å². The first kappa shape index (κ1) is 15.8. The molecule has 0 saturated carbocycles. The van der Waals surface area contributed by atoms with Crippen LogP contribution >= 0.6 is 0 Å². The van der Waals surface area contributed by atoms with Crippen LogP contribution in [0.4, 0.5) is 0 Å². The molecule has 5 heteroatoms. The first-order valence-corrected chi connectivity index (χ1v) is 8.11. The second kappa shape index (κ2) is 7.94. The van der Waals surface area contributed by atoms with E-state index < -0.39 is 0 Å². The van der Waals surface area contributed by atoms with Gasteiger partial charge in [0.2, 0.25) is 0 Å². The van der Waals surface area contributed by atoms with Gasteiger partial charge in [0.25, 0.3) is 5.91 Å². The third kappa shape index (κ3) is 4.68. The largest absolute Gasteiger partial charge is 0.484 e. The first-order valence-electron chi connectivity index (χ1n) is 8.11. The zero-order valence-electron chi connectivity index (χ0n) is 13.2. The molecule has 0 unspecified atom stereocenters. The van der Waals surface area contributed by atoms with Crippen molar-refractivity contribution in [3.8, 4) is 5.75 Å². The van der Waals surface area contributed by atoms with Crippen LogP contribution in [-0.4, -0.2) is 51.9 Å². The summed E-state index contributed by atoms with van der Waals surface area (Å²) in [5.74, 6) is 0.642. The van der Waals surface area contributed by atoms with Crippen molar-refractivity contribution in [3.63, 3.8) is 0 Å². The molecule has 1 aliphatic heterocycles. The topological polar surface area (TPSA) is 52.0 Å². The molecule has 1 amide bonds. The zero-order valence-corrected chi connectivity index (χ0v) is 13.2. The summed E-state index contributed by atoms with van der Waals surface area (Å²) in [6, 6.07) is 13.9. The summed E-state index contributed by atoms with van der Waals surface area (Å²) in [6.45, 7) is 5.33. The molecule has 122 valence electrons. The summed E-state index contributed by atoms with van der Waals surface area (Å²) in [5, 5.41) is 5.19. The Bertz CT molecular complexity index is 654. The molecule has 0 spiro atoms. The summed E-state index contributed by atoms with van der Waals surface area (Å²) in [7, 11) is 0. The second-order valence-corrected chi connectivity index (χ2v) is 5.76. The van der Waals surface area contributed by atoms with Crippen LogP contribution in [0.15, 0.2) is 42.5 Å². The van der Waals surface area contributed by atoms with Gasteiger partial charge in [-0.2, -0.15) is 0 Å². The number of carbonyl (C=O) groups excluding carboxylic acids is 1. The van der Waals surface area contributed by atoms with Gasteiger partial charge in [-0.1, -0.05) is 30.3 Å². The van der Waals surface area contributed by atoms with Crippen molar-refractivity contribution in [3.05, 3.63) is 42.5 Å². The van der Waals surface area contributed by atoms with Crippen LogP contribution in [0.25, 0.3) is 10.8 Å². The number of hydrogen-bond acceptors (Lipinski definition) is 3. The molecule has 23 heavy (non-hydrogen) atoms. The van der Waals surface area contributed by atoms with Crippen molar-refractivity contribution in [2.75, 3.05) is 46.0 Å².